The van der Waals surface area contributed by atoms with E-state index in [9.17, 15) is 23.3 Å². The van der Waals surface area contributed by atoms with Gasteiger partial charge in [0.15, 0.2) is 0 Å². The molecule has 0 aliphatic carbocycles. The second-order valence-corrected chi connectivity index (χ2v) is 5.69. The Labute approximate surface area is 150 Å². The van der Waals surface area contributed by atoms with Gasteiger partial charge in [-0.15, -0.1) is 0 Å². The van der Waals surface area contributed by atoms with Crippen LogP contribution in [0, 0.1) is 24.0 Å². The highest BCUT2D eigenvalue weighted by atomic mass is 19.4. The lowest BCUT2D eigenvalue weighted by atomic mass is 10.2. The zero-order valence-electron chi connectivity index (χ0n) is 14.2. The van der Waals surface area contributed by atoms with Gasteiger partial charge in [-0.2, -0.15) is 18.3 Å². The smallest absolute Gasteiger partial charge is 0.334 e. The van der Waals surface area contributed by atoms with Gasteiger partial charge in [0.25, 0.3) is 0 Å². The van der Waals surface area contributed by atoms with Crippen LogP contribution in [0.25, 0.3) is 5.82 Å². The molecule has 0 saturated carbocycles. The molecule has 1 aromatic carbocycles. The molecule has 11 heteroatoms. The monoisotopic (exact) mass is 378 g/mol. The normalized spacial score (nSPS) is 11.4. The summed E-state index contributed by atoms with van der Waals surface area (Å²) in [5, 5.41) is 18.5. The molecule has 2 heterocycles. The number of hydrogen-bond acceptors (Lipinski definition) is 6. The highest BCUT2D eigenvalue weighted by Gasteiger charge is 2.30. The summed E-state index contributed by atoms with van der Waals surface area (Å²) in [6, 6.07) is 5.80. The van der Waals surface area contributed by atoms with Crippen molar-refractivity contribution in [2.45, 2.75) is 20.0 Å². The van der Waals surface area contributed by atoms with Crippen molar-refractivity contribution < 1.29 is 18.1 Å². The molecule has 0 bridgehead atoms. The first-order chi connectivity index (χ1) is 12.7. The summed E-state index contributed by atoms with van der Waals surface area (Å²) >= 11 is 0. The number of hydrogen-bond donors (Lipinski definition) is 1. The van der Waals surface area contributed by atoms with Crippen molar-refractivity contribution in [3.63, 3.8) is 0 Å². The number of anilines is 2. The van der Waals surface area contributed by atoms with Gasteiger partial charge in [-0.25, -0.2) is 14.6 Å². The van der Waals surface area contributed by atoms with Crippen molar-refractivity contribution in [1.82, 2.24) is 19.7 Å². The van der Waals surface area contributed by atoms with Crippen LogP contribution in [0.15, 0.2) is 36.7 Å². The first-order valence-electron chi connectivity index (χ1n) is 7.64. The highest BCUT2D eigenvalue weighted by Crippen LogP contribution is 2.33. The molecular weight excluding hydrogens is 365 g/mol. The predicted molar refractivity (Wildman–Crippen MR) is 90.0 cm³/mol. The van der Waals surface area contributed by atoms with Crippen molar-refractivity contribution in [1.29, 1.82) is 0 Å². The maximum absolute atomic E-state index is 12.7. The van der Waals surface area contributed by atoms with E-state index in [1.54, 1.807) is 19.9 Å². The summed E-state index contributed by atoms with van der Waals surface area (Å²) in [7, 11) is 0. The Kier molecular flexibility index (Phi) is 4.52. The Balaban J connectivity index is 2.02. The van der Waals surface area contributed by atoms with Gasteiger partial charge in [0.1, 0.15) is 6.33 Å². The summed E-state index contributed by atoms with van der Waals surface area (Å²) in [5.41, 5.74) is 0.230. The van der Waals surface area contributed by atoms with Crippen molar-refractivity contribution in [2.75, 3.05) is 5.32 Å². The number of aryl methyl sites for hydroxylation is 2. The van der Waals surface area contributed by atoms with E-state index in [4.69, 9.17) is 0 Å². The summed E-state index contributed by atoms with van der Waals surface area (Å²) in [6.45, 7) is 3.45. The van der Waals surface area contributed by atoms with Crippen LogP contribution in [0.5, 0.6) is 0 Å². The van der Waals surface area contributed by atoms with Crippen LogP contribution in [0.3, 0.4) is 0 Å². The number of rotatable bonds is 4. The predicted octanol–water partition coefficient (Wildman–Crippen LogP) is 3.95. The molecule has 0 atom stereocenters. The Bertz CT molecular complexity index is 998. The molecule has 2 aromatic heterocycles. The van der Waals surface area contributed by atoms with E-state index in [0.29, 0.717) is 11.4 Å². The van der Waals surface area contributed by atoms with Gasteiger partial charge >= 0.3 is 11.9 Å². The molecule has 3 aromatic rings. The third-order valence-corrected chi connectivity index (χ3v) is 3.67. The first-order valence-corrected chi connectivity index (χ1v) is 7.64. The average molecular weight is 378 g/mol. The van der Waals surface area contributed by atoms with E-state index in [-0.39, 0.29) is 17.3 Å². The van der Waals surface area contributed by atoms with Gasteiger partial charge in [-0.05, 0) is 44.2 Å². The SMILES string of the molecule is Cc1cc(C)n(-c2ncnc(Nc3ccc(C(F)(F)F)cc3)c2[N+](=O)[O-])n1. The number of nitrogens with zero attached hydrogens (tertiary/aromatic N) is 5. The van der Waals surface area contributed by atoms with E-state index in [0.717, 1.165) is 30.6 Å². The van der Waals surface area contributed by atoms with E-state index < -0.39 is 22.4 Å². The van der Waals surface area contributed by atoms with Gasteiger partial charge in [-0.1, -0.05) is 0 Å². The van der Waals surface area contributed by atoms with Crippen molar-refractivity contribution in [3.8, 4) is 5.82 Å². The van der Waals surface area contributed by atoms with Crippen molar-refractivity contribution in [2.24, 2.45) is 0 Å². The van der Waals surface area contributed by atoms with Gasteiger partial charge < -0.3 is 5.32 Å². The van der Waals surface area contributed by atoms with E-state index in [2.05, 4.69) is 20.4 Å². The van der Waals surface area contributed by atoms with Crippen LogP contribution >= 0.6 is 0 Å². The lowest BCUT2D eigenvalue weighted by Crippen LogP contribution is -2.10. The Morgan fingerprint density at radius 1 is 1.15 bits per heavy atom. The number of benzene rings is 1. The standard InChI is InChI=1S/C16H13F3N6O2/c1-9-7-10(2)24(23-9)15-13(25(26)27)14(20-8-21-15)22-12-5-3-11(4-6-12)16(17,18)19/h3-8H,1-2H3,(H,20,21,22). The van der Waals surface area contributed by atoms with Crippen LogP contribution in [0.4, 0.5) is 30.4 Å². The largest absolute Gasteiger partial charge is 0.416 e. The lowest BCUT2D eigenvalue weighted by molar-refractivity contribution is -0.384. The fourth-order valence-corrected chi connectivity index (χ4v) is 2.51. The summed E-state index contributed by atoms with van der Waals surface area (Å²) in [6.07, 6.45) is -3.35. The number of aromatic nitrogens is 4. The summed E-state index contributed by atoms with van der Waals surface area (Å²) in [4.78, 5) is 18.8. The number of nitrogens with one attached hydrogen (secondary N) is 1. The van der Waals surface area contributed by atoms with Crippen LogP contribution in [0.1, 0.15) is 17.0 Å². The zero-order chi connectivity index (χ0) is 19.8. The minimum absolute atomic E-state index is 0.0463. The molecule has 0 fully saturated rings. The average Bonchev–Trinajstić information content (AvgIpc) is 2.92. The molecule has 0 aliphatic rings. The van der Waals surface area contributed by atoms with Gasteiger partial charge in [0, 0.05) is 11.4 Å². The second kappa shape index (κ2) is 6.67. The quantitative estimate of drug-likeness (QED) is 0.545. The highest BCUT2D eigenvalue weighted by molar-refractivity contribution is 5.70. The molecular formula is C16H13F3N6O2. The van der Waals surface area contributed by atoms with E-state index >= 15 is 0 Å². The fraction of sp³-hybridized carbons (Fsp3) is 0.188. The molecule has 0 spiro atoms. The molecule has 0 aliphatic heterocycles. The fourth-order valence-electron chi connectivity index (χ4n) is 2.51. The topological polar surface area (TPSA) is 98.8 Å². The molecule has 27 heavy (non-hydrogen) atoms. The van der Waals surface area contributed by atoms with Crippen molar-refractivity contribution in [3.05, 3.63) is 63.7 Å². The van der Waals surface area contributed by atoms with E-state index in [1.165, 1.54) is 4.68 Å². The number of nitro groups is 1. The molecule has 8 nitrogen and oxygen atoms in total. The van der Waals surface area contributed by atoms with Crippen molar-refractivity contribution >= 4 is 17.2 Å². The molecule has 1 N–H and O–H groups in total. The van der Waals surface area contributed by atoms with Gasteiger partial charge in [0.05, 0.1) is 16.2 Å². The lowest BCUT2D eigenvalue weighted by Gasteiger charge is -2.11. The Hall–Kier alpha value is -3.50. The third kappa shape index (κ3) is 3.71. The molecule has 0 amide bonds. The van der Waals surface area contributed by atoms with Crippen LogP contribution < -0.4 is 5.32 Å². The van der Waals surface area contributed by atoms with Gasteiger partial charge in [-0.3, -0.25) is 10.1 Å². The second-order valence-electron chi connectivity index (χ2n) is 5.69. The first kappa shape index (κ1) is 18.3. The molecule has 0 unspecified atom stereocenters. The third-order valence-electron chi connectivity index (χ3n) is 3.67. The maximum atomic E-state index is 12.7. The minimum atomic E-state index is -4.47. The Morgan fingerprint density at radius 2 is 1.81 bits per heavy atom. The Morgan fingerprint density at radius 3 is 2.33 bits per heavy atom. The zero-order valence-corrected chi connectivity index (χ0v) is 14.2. The molecule has 0 saturated heterocycles. The minimum Gasteiger partial charge on any atom is -0.334 e. The molecule has 3 rings (SSSR count). The van der Waals surface area contributed by atoms with Crippen LogP contribution in [0.2, 0.25) is 0 Å². The number of alkyl halides is 3. The number of halogens is 3. The van der Waals surface area contributed by atoms with Crippen LogP contribution in [-0.2, 0) is 6.18 Å². The summed E-state index contributed by atoms with van der Waals surface area (Å²) < 4.78 is 39.3. The van der Waals surface area contributed by atoms with E-state index in [1.807, 2.05) is 0 Å². The maximum Gasteiger partial charge on any atom is 0.416 e. The summed E-state index contributed by atoms with van der Waals surface area (Å²) in [5.74, 6) is -0.202. The van der Waals surface area contributed by atoms with Gasteiger partial charge in [0.2, 0.25) is 11.6 Å². The molecule has 140 valence electrons. The molecule has 0 radical (unpaired) electrons. The van der Waals surface area contributed by atoms with Crippen LogP contribution in [-0.4, -0.2) is 24.7 Å².